The van der Waals surface area contributed by atoms with E-state index in [4.69, 9.17) is 4.74 Å². The average Bonchev–Trinajstić information content (AvgIpc) is 3.04. The number of hydrogen-bond donors (Lipinski definition) is 0. The second kappa shape index (κ2) is 8.83. The summed E-state index contributed by atoms with van der Waals surface area (Å²) in [6, 6.07) is 8.08. The van der Waals surface area contributed by atoms with Crippen LogP contribution in [-0.4, -0.2) is 24.0 Å². The number of thiazole rings is 1. The summed E-state index contributed by atoms with van der Waals surface area (Å²) in [6.07, 6.45) is 0.233. The third-order valence-electron chi connectivity index (χ3n) is 3.87. The second-order valence-corrected chi connectivity index (χ2v) is 6.86. The Morgan fingerprint density at radius 3 is 2.58 bits per heavy atom. The number of para-hydroxylation sites is 1. The van der Waals surface area contributed by atoms with Crippen molar-refractivity contribution in [2.45, 2.75) is 46.6 Å². The summed E-state index contributed by atoms with van der Waals surface area (Å²) >= 11 is 1.60. The van der Waals surface area contributed by atoms with Crippen molar-refractivity contribution in [2.75, 3.05) is 18.0 Å². The molecule has 1 aromatic heterocycles. The minimum Gasteiger partial charge on any atom is -0.460 e. The molecule has 130 valence electrons. The van der Waals surface area contributed by atoms with Gasteiger partial charge in [-0.3, -0.25) is 4.79 Å². The first-order valence-corrected chi connectivity index (χ1v) is 9.35. The first-order chi connectivity index (χ1) is 11.5. The van der Waals surface area contributed by atoms with E-state index in [-0.39, 0.29) is 12.4 Å². The van der Waals surface area contributed by atoms with Crippen LogP contribution in [0.2, 0.25) is 0 Å². The number of aromatic nitrogens is 1. The molecular weight excluding hydrogens is 320 g/mol. The Kier molecular flexibility index (Phi) is 6.79. The molecule has 1 aromatic carbocycles. The summed E-state index contributed by atoms with van der Waals surface area (Å²) in [6.45, 7) is 10.6. The Morgan fingerprint density at radius 2 is 1.96 bits per heavy atom. The third kappa shape index (κ3) is 4.81. The Hall–Kier alpha value is -1.88. The van der Waals surface area contributed by atoms with E-state index >= 15 is 0 Å². The molecule has 0 fully saturated rings. The first kappa shape index (κ1) is 18.5. The molecule has 2 rings (SSSR count). The normalized spacial score (nSPS) is 10.9. The van der Waals surface area contributed by atoms with Crippen molar-refractivity contribution >= 4 is 23.0 Å². The quantitative estimate of drug-likeness (QED) is 0.665. The molecule has 5 heteroatoms. The van der Waals surface area contributed by atoms with Crippen LogP contribution in [0.3, 0.4) is 0 Å². The molecule has 0 saturated carbocycles. The van der Waals surface area contributed by atoms with Gasteiger partial charge in [-0.05, 0) is 19.9 Å². The molecule has 2 aromatic rings. The average molecular weight is 346 g/mol. The van der Waals surface area contributed by atoms with Crippen molar-refractivity contribution in [2.24, 2.45) is 0 Å². The molecule has 0 radical (unpaired) electrons. The first-order valence-electron chi connectivity index (χ1n) is 8.47. The molecule has 0 amide bonds. The van der Waals surface area contributed by atoms with Crippen molar-refractivity contribution in [3.05, 3.63) is 45.9 Å². The number of benzene rings is 1. The summed E-state index contributed by atoms with van der Waals surface area (Å²) < 4.78 is 5.48. The summed E-state index contributed by atoms with van der Waals surface area (Å²) in [5, 5.41) is 3.00. The highest BCUT2D eigenvalue weighted by Crippen LogP contribution is 2.22. The van der Waals surface area contributed by atoms with Gasteiger partial charge in [-0.25, -0.2) is 4.98 Å². The van der Waals surface area contributed by atoms with Crippen LogP contribution in [0, 0.1) is 0 Å². The van der Waals surface area contributed by atoms with Crippen LogP contribution in [-0.2, 0) is 22.6 Å². The number of carbonyl (C=O) groups excluding carboxylic acids is 1. The minimum atomic E-state index is -0.232. The number of hydrogen-bond acceptors (Lipinski definition) is 5. The van der Waals surface area contributed by atoms with E-state index in [2.05, 4.69) is 43.6 Å². The highest BCUT2D eigenvalue weighted by atomic mass is 32.1. The molecule has 4 nitrogen and oxygen atoms in total. The summed E-state index contributed by atoms with van der Waals surface area (Å²) in [5.41, 5.74) is 2.97. The Morgan fingerprint density at radius 1 is 1.25 bits per heavy atom. The molecule has 0 N–H and O–H groups in total. The lowest BCUT2D eigenvalue weighted by atomic mass is 10.1. The molecule has 0 atom stereocenters. The number of ether oxygens (including phenoxy) is 1. The number of carbonyl (C=O) groups is 1. The van der Waals surface area contributed by atoms with E-state index in [1.165, 1.54) is 0 Å². The van der Waals surface area contributed by atoms with Gasteiger partial charge in [0.15, 0.2) is 0 Å². The van der Waals surface area contributed by atoms with Gasteiger partial charge in [-0.2, -0.15) is 0 Å². The molecule has 0 unspecified atom stereocenters. The molecule has 0 spiro atoms. The van der Waals surface area contributed by atoms with E-state index in [0.717, 1.165) is 35.0 Å². The standard InChI is InChI=1S/C19H26N2O2S/c1-5-21(6-2)17-10-8-7-9-15(17)12-23-18(22)11-16-13-24-19(20-16)14(3)4/h7-10,13-14H,5-6,11-12H2,1-4H3. The van der Waals surface area contributed by atoms with Gasteiger partial charge in [-0.1, -0.05) is 32.0 Å². The Labute approximate surface area is 148 Å². The van der Waals surface area contributed by atoms with Crippen molar-refractivity contribution < 1.29 is 9.53 Å². The van der Waals surface area contributed by atoms with Gasteiger partial charge in [0, 0.05) is 35.6 Å². The highest BCUT2D eigenvalue weighted by Gasteiger charge is 2.13. The lowest BCUT2D eigenvalue weighted by molar-refractivity contribution is -0.144. The number of esters is 1. The number of rotatable bonds is 8. The van der Waals surface area contributed by atoms with Crippen LogP contribution in [0.4, 0.5) is 5.69 Å². The zero-order chi connectivity index (χ0) is 17.5. The molecular formula is C19H26N2O2S. The van der Waals surface area contributed by atoms with Crippen LogP contribution in [0.5, 0.6) is 0 Å². The molecule has 0 aliphatic rings. The maximum Gasteiger partial charge on any atom is 0.312 e. The van der Waals surface area contributed by atoms with Gasteiger partial charge >= 0.3 is 5.97 Å². The zero-order valence-electron chi connectivity index (χ0n) is 14.9. The van der Waals surface area contributed by atoms with Gasteiger partial charge in [0.2, 0.25) is 0 Å². The summed E-state index contributed by atoms with van der Waals surface area (Å²) in [7, 11) is 0. The van der Waals surface area contributed by atoms with Crippen LogP contribution in [0.25, 0.3) is 0 Å². The molecule has 1 heterocycles. The Balaban J connectivity index is 1.96. The predicted molar refractivity (Wildman–Crippen MR) is 99.7 cm³/mol. The van der Waals surface area contributed by atoms with Crippen LogP contribution >= 0.6 is 11.3 Å². The third-order valence-corrected chi connectivity index (χ3v) is 5.07. The minimum absolute atomic E-state index is 0.232. The fraction of sp³-hybridized carbons (Fsp3) is 0.474. The monoisotopic (exact) mass is 346 g/mol. The van der Waals surface area contributed by atoms with Crippen molar-refractivity contribution in [3.8, 4) is 0 Å². The largest absolute Gasteiger partial charge is 0.460 e. The second-order valence-electron chi connectivity index (χ2n) is 5.97. The van der Waals surface area contributed by atoms with E-state index in [9.17, 15) is 4.79 Å². The maximum absolute atomic E-state index is 12.1. The van der Waals surface area contributed by atoms with Gasteiger partial charge in [-0.15, -0.1) is 11.3 Å². The van der Waals surface area contributed by atoms with Crippen LogP contribution in [0.1, 0.15) is 49.9 Å². The van der Waals surface area contributed by atoms with E-state index in [1.807, 2.05) is 23.6 Å². The molecule has 0 bridgehead atoms. The van der Waals surface area contributed by atoms with E-state index in [0.29, 0.717) is 12.5 Å². The topological polar surface area (TPSA) is 42.4 Å². The van der Waals surface area contributed by atoms with Crippen molar-refractivity contribution in [1.29, 1.82) is 0 Å². The lowest BCUT2D eigenvalue weighted by Crippen LogP contribution is -2.23. The molecule has 0 aliphatic heterocycles. The number of nitrogens with zero attached hydrogens (tertiary/aromatic N) is 2. The summed E-state index contributed by atoms with van der Waals surface area (Å²) in [4.78, 5) is 18.9. The molecule has 0 aliphatic carbocycles. The molecule has 24 heavy (non-hydrogen) atoms. The van der Waals surface area contributed by atoms with Crippen LogP contribution < -0.4 is 4.90 Å². The highest BCUT2D eigenvalue weighted by molar-refractivity contribution is 7.09. The maximum atomic E-state index is 12.1. The lowest BCUT2D eigenvalue weighted by Gasteiger charge is -2.24. The van der Waals surface area contributed by atoms with Crippen LogP contribution in [0.15, 0.2) is 29.6 Å². The summed E-state index contributed by atoms with van der Waals surface area (Å²) in [5.74, 6) is 0.158. The zero-order valence-corrected chi connectivity index (χ0v) is 15.7. The fourth-order valence-corrected chi connectivity index (χ4v) is 3.37. The van der Waals surface area contributed by atoms with Gasteiger partial charge in [0.25, 0.3) is 0 Å². The smallest absolute Gasteiger partial charge is 0.312 e. The van der Waals surface area contributed by atoms with Crippen molar-refractivity contribution in [3.63, 3.8) is 0 Å². The number of anilines is 1. The predicted octanol–water partition coefficient (Wildman–Crippen LogP) is 4.40. The van der Waals surface area contributed by atoms with Gasteiger partial charge in [0.1, 0.15) is 6.61 Å². The van der Waals surface area contributed by atoms with E-state index < -0.39 is 0 Å². The Bertz CT molecular complexity index is 663. The molecule has 0 saturated heterocycles. The van der Waals surface area contributed by atoms with Crippen molar-refractivity contribution in [1.82, 2.24) is 4.98 Å². The van der Waals surface area contributed by atoms with Gasteiger partial charge in [0.05, 0.1) is 17.1 Å². The fourth-order valence-electron chi connectivity index (χ4n) is 2.53. The SMILES string of the molecule is CCN(CC)c1ccccc1COC(=O)Cc1csc(C(C)C)n1. The van der Waals surface area contributed by atoms with Gasteiger partial charge < -0.3 is 9.64 Å². The van der Waals surface area contributed by atoms with E-state index in [1.54, 1.807) is 11.3 Å².